The van der Waals surface area contributed by atoms with E-state index < -0.39 is 0 Å². The van der Waals surface area contributed by atoms with Crippen LogP contribution in [0.5, 0.6) is 0 Å². The van der Waals surface area contributed by atoms with Crippen molar-refractivity contribution >= 4 is 11.8 Å². The van der Waals surface area contributed by atoms with Crippen molar-refractivity contribution in [2.24, 2.45) is 0 Å². The number of benzene rings is 2. The topological polar surface area (TPSA) is 82.5 Å². The fraction of sp³-hybridized carbons (Fsp3) is 0.118. The van der Waals surface area contributed by atoms with Crippen LogP contribution in [-0.2, 0) is 12.3 Å². The van der Waals surface area contributed by atoms with Crippen molar-refractivity contribution in [3.63, 3.8) is 0 Å². The van der Waals surface area contributed by atoms with Gasteiger partial charge in [-0.3, -0.25) is 0 Å². The molecule has 124 valence electrons. The van der Waals surface area contributed by atoms with Crippen LogP contribution in [0.3, 0.4) is 0 Å². The van der Waals surface area contributed by atoms with Gasteiger partial charge in [-0.2, -0.15) is 4.98 Å². The zero-order valence-corrected chi connectivity index (χ0v) is 14.0. The van der Waals surface area contributed by atoms with E-state index in [-0.39, 0.29) is 0 Å². The maximum Gasteiger partial charge on any atom is 0.237 e. The summed E-state index contributed by atoms with van der Waals surface area (Å²) in [5.41, 5.74) is 2.07. The molecule has 0 saturated carbocycles. The highest BCUT2D eigenvalue weighted by molar-refractivity contribution is 7.98. The van der Waals surface area contributed by atoms with Gasteiger partial charge >= 0.3 is 0 Å². The fourth-order valence-corrected chi connectivity index (χ4v) is 3.01. The van der Waals surface area contributed by atoms with Crippen molar-refractivity contribution in [1.82, 2.24) is 30.3 Å². The van der Waals surface area contributed by atoms with E-state index in [4.69, 9.17) is 4.52 Å². The predicted octanol–water partition coefficient (Wildman–Crippen LogP) is 3.06. The third-order valence-corrected chi connectivity index (χ3v) is 4.44. The minimum atomic E-state index is 0.509. The van der Waals surface area contributed by atoms with Crippen LogP contribution in [0.25, 0.3) is 11.4 Å². The molecule has 8 heteroatoms. The lowest BCUT2D eigenvalue weighted by atomic mass is 10.2. The molecule has 0 bridgehead atoms. The molecule has 0 amide bonds. The number of rotatable bonds is 6. The van der Waals surface area contributed by atoms with Crippen molar-refractivity contribution in [2.45, 2.75) is 17.5 Å². The van der Waals surface area contributed by atoms with Gasteiger partial charge in [-0.15, -0.1) is 5.10 Å². The van der Waals surface area contributed by atoms with E-state index in [0.29, 0.717) is 29.2 Å². The minimum absolute atomic E-state index is 0.509. The number of tetrazole rings is 1. The van der Waals surface area contributed by atoms with Crippen molar-refractivity contribution in [2.75, 3.05) is 0 Å². The van der Waals surface area contributed by atoms with Gasteiger partial charge in [0.25, 0.3) is 0 Å². The average Bonchev–Trinajstić information content (AvgIpc) is 3.31. The second kappa shape index (κ2) is 7.27. The Morgan fingerprint density at radius 3 is 2.52 bits per heavy atom. The molecule has 0 spiro atoms. The number of thioether (sulfide) groups is 1. The largest absolute Gasteiger partial charge is 0.338 e. The van der Waals surface area contributed by atoms with Crippen LogP contribution < -0.4 is 0 Å². The van der Waals surface area contributed by atoms with Crippen LogP contribution in [0.15, 0.2) is 70.3 Å². The molecule has 2 heterocycles. The molecule has 2 aromatic heterocycles. The SMILES string of the molecule is c1ccc(Cn2nnnc2SCc2nc(-c3ccccc3)no2)cc1. The van der Waals surface area contributed by atoms with Gasteiger partial charge in [0.1, 0.15) is 0 Å². The van der Waals surface area contributed by atoms with Crippen molar-refractivity contribution in [3.05, 3.63) is 72.1 Å². The summed E-state index contributed by atoms with van der Waals surface area (Å²) >= 11 is 1.47. The van der Waals surface area contributed by atoms with E-state index >= 15 is 0 Å². The molecule has 0 N–H and O–H groups in total. The van der Waals surface area contributed by atoms with Crippen LogP contribution >= 0.6 is 11.8 Å². The average molecular weight is 350 g/mol. The lowest BCUT2D eigenvalue weighted by Gasteiger charge is -2.03. The molecule has 0 atom stereocenters. The van der Waals surface area contributed by atoms with Gasteiger partial charge in [0, 0.05) is 5.56 Å². The third-order valence-electron chi connectivity index (χ3n) is 3.50. The second-order valence-corrected chi connectivity index (χ2v) is 6.21. The summed E-state index contributed by atoms with van der Waals surface area (Å²) in [6, 6.07) is 19.8. The first-order valence-electron chi connectivity index (χ1n) is 7.69. The van der Waals surface area contributed by atoms with E-state index in [1.807, 2.05) is 60.7 Å². The Hall–Kier alpha value is -3.00. The highest BCUT2D eigenvalue weighted by Crippen LogP contribution is 2.22. The molecule has 25 heavy (non-hydrogen) atoms. The summed E-state index contributed by atoms with van der Waals surface area (Å²) in [6.07, 6.45) is 0. The van der Waals surface area contributed by atoms with E-state index in [1.54, 1.807) is 4.68 Å². The van der Waals surface area contributed by atoms with Gasteiger partial charge in [-0.25, -0.2) is 4.68 Å². The van der Waals surface area contributed by atoms with Gasteiger partial charge in [0.05, 0.1) is 12.3 Å². The lowest BCUT2D eigenvalue weighted by Crippen LogP contribution is -2.03. The maximum atomic E-state index is 5.32. The number of aromatic nitrogens is 6. The second-order valence-electron chi connectivity index (χ2n) is 5.27. The van der Waals surface area contributed by atoms with Crippen LogP contribution in [0.2, 0.25) is 0 Å². The number of hydrogen-bond donors (Lipinski definition) is 0. The Kier molecular flexibility index (Phi) is 4.51. The summed E-state index contributed by atoms with van der Waals surface area (Å²) in [4.78, 5) is 4.42. The van der Waals surface area contributed by atoms with E-state index in [0.717, 1.165) is 11.1 Å². The molecule has 0 radical (unpaired) electrons. The predicted molar refractivity (Wildman–Crippen MR) is 92.7 cm³/mol. The summed E-state index contributed by atoms with van der Waals surface area (Å²) in [5.74, 6) is 1.63. The summed E-state index contributed by atoms with van der Waals surface area (Å²) in [5, 5.41) is 16.6. The van der Waals surface area contributed by atoms with Gasteiger partial charge < -0.3 is 4.52 Å². The van der Waals surface area contributed by atoms with Gasteiger partial charge in [-0.1, -0.05) is 77.6 Å². The summed E-state index contributed by atoms with van der Waals surface area (Å²) in [7, 11) is 0. The molecule has 0 fully saturated rings. The third kappa shape index (κ3) is 3.74. The molecule has 0 unspecified atom stereocenters. The normalized spacial score (nSPS) is 10.9. The quantitative estimate of drug-likeness (QED) is 0.494. The zero-order chi connectivity index (χ0) is 16.9. The van der Waals surface area contributed by atoms with Crippen LogP contribution in [0.1, 0.15) is 11.5 Å². The van der Waals surface area contributed by atoms with E-state index in [2.05, 4.69) is 25.7 Å². The Morgan fingerprint density at radius 1 is 0.960 bits per heavy atom. The Morgan fingerprint density at radius 2 is 1.72 bits per heavy atom. The lowest BCUT2D eigenvalue weighted by molar-refractivity contribution is 0.391. The van der Waals surface area contributed by atoms with Gasteiger partial charge in [-0.05, 0) is 16.0 Å². The van der Waals surface area contributed by atoms with Crippen molar-refractivity contribution < 1.29 is 4.52 Å². The maximum absolute atomic E-state index is 5.32. The van der Waals surface area contributed by atoms with Crippen molar-refractivity contribution in [1.29, 1.82) is 0 Å². The highest BCUT2D eigenvalue weighted by atomic mass is 32.2. The summed E-state index contributed by atoms with van der Waals surface area (Å²) < 4.78 is 7.07. The monoisotopic (exact) mass is 350 g/mol. The highest BCUT2D eigenvalue weighted by Gasteiger charge is 2.12. The molecule has 4 aromatic rings. The molecule has 4 rings (SSSR count). The molecule has 0 aliphatic heterocycles. The smallest absolute Gasteiger partial charge is 0.237 e. The first kappa shape index (κ1) is 15.5. The van der Waals surface area contributed by atoms with E-state index in [1.165, 1.54) is 11.8 Å². The van der Waals surface area contributed by atoms with Gasteiger partial charge in [0.2, 0.25) is 16.9 Å². The molecule has 0 aliphatic carbocycles. The Balaban J connectivity index is 1.43. The molecule has 2 aromatic carbocycles. The van der Waals surface area contributed by atoms with Crippen LogP contribution in [0, 0.1) is 0 Å². The van der Waals surface area contributed by atoms with Crippen molar-refractivity contribution in [3.8, 4) is 11.4 Å². The Labute approximate surface area is 148 Å². The number of nitrogens with zero attached hydrogens (tertiary/aromatic N) is 6. The zero-order valence-electron chi connectivity index (χ0n) is 13.2. The molecule has 0 aliphatic rings. The first-order valence-corrected chi connectivity index (χ1v) is 8.68. The van der Waals surface area contributed by atoms with Gasteiger partial charge in [0.15, 0.2) is 0 Å². The fourth-order valence-electron chi connectivity index (χ4n) is 2.30. The first-order chi connectivity index (χ1) is 12.4. The molecular formula is C17H14N6OS. The number of hydrogen-bond acceptors (Lipinski definition) is 7. The molecular weight excluding hydrogens is 336 g/mol. The van der Waals surface area contributed by atoms with Crippen LogP contribution in [-0.4, -0.2) is 30.3 Å². The molecule has 0 saturated heterocycles. The Bertz CT molecular complexity index is 938. The van der Waals surface area contributed by atoms with E-state index in [9.17, 15) is 0 Å². The van der Waals surface area contributed by atoms with Crippen LogP contribution in [0.4, 0.5) is 0 Å². The summed E-state index contributed by atoms with van der Waals surface area (Å²) in [6.45, 7) is 0.620. The molecule has 7 nitrogen and oxygen atoms in total. The minimum Gasteiger partial charge on any atom is -0.338 e. The standard InChI is InChI=1S/C17H14N6OS/c1-3-7-13(8-4-1)11-23-17(19-21-22-23)25-12-15-18-16(20-24-15)14-9-5-2-6-10-14/h1-10H,11-12H2.